The summed E-state index contributed by atoms with van der Waals surface area (Å²) >= 11 is 6.73. The lowest BCUT2D eigenvalue weighted by molar-refractivity contribution is -0.129. The Balaban J connectivity index is 1.91. The van der Waals surface area contributed by atoms with Gasteiger partial charge in [-0.3, -0.25) is 14.4 Å². The highest BCUT2D eigenvalue weighted by Gasteiger charge is 2.37. The monoisotopic (exact) mass is 463 g/mol. The summed E-state index contributed by atoms with van der Waals surface area (Å²) in [6.45, 7) is 6.55. The molecule has 1 saturated heterocycles. The second kappa shape index (κ2) is 7.65. The van der Waals surface area contributed by atoms with E-state index in [0.717, 1.165) is 0 Å². The molecule has 172 valence electrons. The number of amides is 2. The Labute approximate surface area is 189 Å². The minimum Gasteiger partial charge on any atom is -0.396 e. The Hall–Kier alpha value is -2.81. The molecule has 0 bridgehead atoms. The summed E-state index contributed by atoms with van der Waals surface area (Å²) in [4.78, 5) is 38.6. The van der Waals surface area contributed by atoms with Crippen molar-refractivity contribution in [1.29, 1.82) is 0 Å². The Bertz CT molecular complexity index is 1210. The number of nitrogens with one attached hydrogen (secondary N) is 1. The number of carbonyl (C=O) groups excluding carboxylic acids is 2. The number of nitrogens with zero attached hydrogens (tertiary/aromatic N) is 2. The van der Waals surface area contributed by atoms with Gasteiger partial charge in [0.05, 0.1) is 27.3 Å². The molecule has 0 atom stereocenters. The smallest absolute Gasteiger partial charge is 0.254 e. The van der Waals surface area contributed by atoms with E-state index in [9.17, 15) is 14.4 Å². The largest absolute Gasteiger partial charge is 0.396 e. The number of carbonyl (C=O) groups is 2. The lowest BCUT2D eigenvalue weighted by Crippen LogP contribution is -2.41. The summed E-state index contributed by atoms with van der Waals surface area (Å²) in [5.74, 6) is -1.70. The van der Waals surface area contributed by atoms with Crippen molar-refractivity contribution >= 4 is 45.7 Å². The van der Waals surface area contributed by atoms with E-state index < -0.39 is 22.7 Å². The number of nitrogen functional groups attached to an aromatic ring is 1. The number of hydrogen-bond donors (Lipinski definition) is 3. The molecule has 0 unspecified atom stereocenters. The third-order valence-corrected chi connectivity index (χ3v) is 7.11. The third-order valence-electron chi connectivity index (χ3n) is 6.74. The molecule has 3 heterocycles. The zero-order valence-corrected chi connectivity index (χ0v) is 19.1. The van der Waals surface area contributed by atoms with Crippen LogP contribution in [0.3, 0.4) is 0 Å². The summed E-state index contributed by atoms with van der Waals surface area (Å²) in [6.07, 6.45) is 2.37. The highest BCUT2D eigenvalue weighted by atomic mass is 35.5. The minimum absolute atomic E-state index is 0.00466. The van der Waals surface area contributed by atoms with E-state index in [1.54, 1.807) is 4.90 Å². The molecule has 32 heavy (non-hydrogen) atoms. The van der Waals surface area contributed by atoms with Crippen LogP contribution in [0.15, 0.2) is 4.79 Å². The SMILES string of the molecule is CC(=O)N1CCC(Nc2c(F)c(N)c3c(=O)c(C(N)=O)c4n(c3c2Cl)C(C)(C)CC4)CC1. The standard InChI is InChI=1S/C22H27ClFN5O3/c1-10(30)28-8-5-11(6-9-28)27-18-15(23)19-14(17(25)16(18)24)20(31)13(21(26)32)12-4-7-22(2,3)29(12)19/h11,27H,4-9,25H2,1-3H3,(H2,26,32). The van der Waals surface area contributed by atoms with Crippen molar-refractivity contribution in [2.24, 2.45) is 5.73 Å². The van der Waals surface area contributed by atoms with Gasteiger partial charge in [-0.2, -0.15) is 0 Å². The zero-order valence-electron chi connectivity index (χ0n) is 18.3. The first-order chi connectivity index (χ1) is 15.0. The number of likely N-dealkylation sites (tertiary alicyclic amines) is 1. The molecule has 8 nitrogen and oxygen atoms in total. The fourth-order valence-electron chi connectivity index (χ4n) is 5.00. The van der Waals surface area contributed by atoms with E-state index >= 15 is 4.39 Å². The van der Waals surface area contributed by atoms with Crippen molar-refractivity contribution in [3.8, 4) is 0 Å². The number of nitrogens with two attached hydrogens (primary N) is 2. The molecule has 2 aliphatic rings. The van der Waals surface area contributed by atoms with E-state index in [1.807, 2.05) is 18.4 Å². The first kappa shape index (κ1) is 22.4. The molecule has 5 N–H and O–H groups in total. The molecule has 4 rings (SSSR count). The van der Waals surface area contributed by atoms with Crippen LogP contribution < -0.4 is 22.2 Å². The van der Waals surface area contributed by atoms with Crippen molar-refractivity contribution in [3.63, 3.8) is 0 Å². The Morgan fingerprint density at radius 1 is 1.25 bits per heavy atom. The first-order valence-electron chi connectivity index (χ1n) is 10.7. The van der Waals surface area contributed by atoms with Crippen molar-refractivity contribution < 1.29 is 14.0 Å². The Morgan fingerprint density at radius 2 is 1.88 bits per heavy atom. The molecule has 2 aliphatic heterocycles. The van der Waals surface area contributed by atoms with Crippen LogP contribution in [0.5, 0.6) is 0 Å². The van der Waals surface area contributed by atoms with E-state index in [1.165, 1.54) is 6.92 Å². The van der Waals surface area contributed by atoms with Crippen molar-refractivity contribution in [1.82, 2.24) is 9.47 Å². The van der Waals surface area contributed by atoms with Crippen LogP contribution in [0.2, 0.25) is 5.02 Å². The fraction of sp³-hybridized carbons (Fsp3) is 0.500. The molecule has 0 spiro atoms. The van der Waals surface area contributed by atoms with Crippen LogP contribution in [-0.4, -0.2) is 40.4 Å². The van der Waals surface area contributed by atoms with Gasteiger partial charge in [-0.25, -0.2) is 4.39 Å². The number of pyridine rings is 1. The van der Waals surface area contributed by atoms with E-state index in [2.05, 4.69) is 5.32 Å². The number of aromatic nitrogens is 1. The first-order valence-corrected chi connectivity index (χ1v) is 11.0. The van der Waals surface area contributed by atoms with Crippen LogP contribution in [0.1, 0.15) is 56.1 Å². The molecular weight excluding hydrogens is 437 g/mol. The van der Waals surface area contributed by atoms with Gasteiger partial charge in [-0.1, -0.05) is 11.6 Å². The molecule has 10 heteroatoms. The molecule has 1 aromatic heterocycles. The molecule has 2 amide bonds. The summed E-state index contributed by atoms with van der Waals surface area (Å²) in [6, 6.07) is -0.114. The van der Waals surface area contributed by atoms with Crippen LogP contribution in [0.4, 0.5) is 15.8 Å². The average molecular weight is 464 g/mol. The molecular formula is C22H27ClFN5O3. The summed E-state index contributed by atoms with van der Waals surface area (Å²) in [5.41, 5.74) is 10.8. The topological polar surface area (TPSA) is 123 Å². The van der Waals surface area contributed by atoms with Crippen LogP contribution in [-0.2, 0) is 16.8 Å². The van der Waals surface area contributed by atoms with Gasteiger partial charge in [0, 0.05) is 37.3 Å². The normalized spacial score (nSPS) is 18.1. The second-order valence-electron chi connectivity index (χ2n) is 9.23. The molecule has 2 aromatic rings. The fourth-order valence-corrected chi connectivity index (χ4v) is 5.32. The number of hydrogen-bond acceptors (Lipinski definition) is 5. The summed E-state index contributed by atoms with van der Waals surface area (Å²) in [5, 5.41) is 3.07. The number of piperidine rings is 1. The quantitative estimate of drug-likeness (QED) is 0.603. The van der Waals surface area contributed by atoms with Crippen LogP contribution in [0, 0.1) is 5.82 Å². The van der Waals surface area contributed by atoms with Gasteiger partial charge in [0.2, 0.25) is 11.3 Å². The number of anilines is 2. The molecule has 0 radical (unpaired) electrons. The predicted molar refractivity (Wildman–Crippen MR) is 123 cm³/mol. The second-order valence-corrected chi connectivity index (χ2v) is 9.61. The molecule has 0 saturated carbocycles. The van der Waals surface area contributed by atoms with Gasteiger partial charge < -0.3 is 26.3 Å². The number of fused-ring (bicyclic) bond motifs is 3. The molecule has 0 aliphatic carbocycles. The van der Waals surface area contributed by atoms with Crippen molar-refractivity contribution in [2.45, 2.75) is 58.0 Å². The maximum absolute atomic E-state index is 15.4. The third kappa shape index (κ3) is 3.30. The molecule has 1 aromatic carbocycles. The number of rotatable bonds is 3. The van der Waals surface area contributed by atoms with Gasteiger partial charge in [0.15, 0.2) is 5.82 Å². The van der Waals surface area contributed by atoms with Gasteiger partial charge in [0.25, 0.3) is 5.91 Å². The maximum Gasteiger partial charge on any atom is 0.254 e. The lowest BCUT2D eigenvalue weighted by Gasteiger charge is -2.33. The number of benzene rings is 1. The van der Waals surface area contributed by atoms with Crippen LogP contribution in [0.25, 0.3) is 10.9 Å². The van der Waals surface area contributed by atoms with E-state index in [0.29, 0.717) is 50.0 Å². The highest BCUT2D eigenvalue weighted by molar-refractivity contribution is 6.38. The van der Waals surface area contributed by atoms with E-state index in [4.69, 9.17) is 23.1 Å². The van der Waals surface area contributed by atoms with Gasteiger partial charge in [0.1, 0.15) is 5.56 Å². The number of primary amides is 1. The zero-order chi connectivity index (χ0) is 23.5. The Morgan fingerprint density at radius 3 is 2.44 bits per heavy atom. The minimum atomic E-state index is -0.867. The van der Waals surface area contributed by atoms with Crippen molar-refractivity contribution in [2.75, 3.05) is 24.1 Å². The Kier molecular flexibility index (Phi) is 5.35. The highest BCUT2D eigenvalue weighted by Crippen LogP contribution is 2.44. The summed E-state index contributed by atoms with van der Waals surface area (Å²) < 4.78 is 17.2. The summed E-state index contributed by atoms with van der Waals surface area (Å²) in [7, 11) is 0. The predicted octanol–water partition coefficient (Wildman–Crippen LogP) is 2.58. The van der Waals surface area contributed by atoms with Crippen molar-refractivity contribution in [3.05, 3.63) is 32.3 Å². The van der Waals surface area contributed by atoms with E-state index in [-0.39, 0.29) is 39.3 Å². The van der Waals surface area contributed by atoms with Gasteiger partial charge in [-0.05, 0) is 39.5 Å². The van der Waals surface area contributed by atoms with Crippen LogP contribution >= 0.6 is 11.6 Å². The maximum atomic E-state index is 15.4. The van der Waals surface area contributed by atoms with Gasteiger partial charge >= 0.3 is 0 Å². The number of halogens is 2. The average Bonchev–Trinajstić information content (AvgIpc) is 3.03. The van der Waals surface area contributed by atoms with Gasteiger partial charge in [-0.15, -0.1) is 0 Å². The molecule has 1 fully saturated rings. The lowest BCUT2D eigenvalue weighted by atomic mass is 10.0.